The van der Waals surface area contributed by atoms with Gasteiger partial charge < -0.3 is 18.9 Å². The molecule has 0 aliphatic carbocycles. The van der Waals surface area contributed by atoms with Crippen LogP contribution in [0.4, 0.5) is 0 Å². The number of benzene rings is 2. The number of hydrogen-bond donors (Lipinski definition) is 0. The lowest BCUT2D eigenvalue weighted by atomic mass is 10.0. The highest BCUT2D eigenvalue weighted by Crippen LogP contribution is 2.40. The average molecular weight is 370 g/mol. The third-order valence-corrected chi connectivity index (χ3v) is 4.51. The lowest BCUT2D eigenvalue weighted by Crippen LogP contribution is -2.25. The van der Waals surface area contributed by atoms with E-state index in [1.807, 2.05) is 19.9 Å². The van der Waals surface area contributed by atoms with Crippen LogP contribution in [-0.4, -0.2) is 38.2 Å². The Bertz CT molecular complexity index is 869. The summed E-state index contributed by atoms with van der Waals surface area (Å²) in [6.45, 7) is 6.27. The van der Waals surface area contributed by atoms with Crippen LogP contribution in [0.15, 0.2) is 30.3 Å². The van der Waals surface area contributed by atoms with Crippen LogP contribution >= 0.6 is 0 Å². The Morgan fingerprint density at radius 3 is 2.44 bits per heavy atom. The van der Waals surface area contributed by atoms with Gasteiger partial charge in [0.15, 0.2) is 17.6 Å². The fourth-order valence-electron chi connectivity index (χ4n) is 2.80. The number of hydrogen-bond acceptors (Lipinski definition) is 6. The molecule has 6 heteroatoms. The van der Waals surface area contributed by atoms with Crippen molar-refractivity contribution in [2.45, 2.75) is 26.9 Å². The van der Waals surface area contributed by atoms with Gasteiger partial charge in [-0.05, 0) is 50.1 Å². The molecular formula is C21H22O6. The molecule has 0 spiro atoms. The quantitative estimate of drug-likeness (QED) is 0.592. The molecule has 0 fully saturated rings. The van der Waals surface area contributed by atoms with E-state index in [1.54, 1.807) is 19.1 Å². The Balaban J connectivity index is 1.78. The van der Waals surface area contributed by atoms with Gasteiger partial charge in [-0.15, -0.1) is 0 Å². The summed E-state index contributed by atoms with van der Waals surface area (Å²) < 4.78 is 21.7. The van der Waals surface area contributed by atoms with Crippen molar-refractivity contribution in [2.24, 2.45) is 0 Å². The summed E-state index contributed by atoms with van der Waals surface area (Å²) in [5.41, 5.74) is 2.85. The maximum atomic E-state index is 12.6. The molecule has 0 radical (unpaired) electrons. The summed E-state index contributed by atoms with van der Waals surface area (Å²) in [5.74, 6) is 0.374. The van der Waals surface area contributed by atoms with Crippen molar-refractivity contribution in [2.75, 3.05) is 20.3 Å². The zero-order valence-corrected chi connectivity index (χ0v) is 15.8. The fourth-order valence-corrected chi connectivity index (χ4v) is 2.80. The predicted molar refractivity (Wildman–Crippen MR) is 99.1 cm³/mol. The summed E-state index contributed by atoms with van der Waals surface area (Å²) in [7, 11) is 1.48. The Kier molecular flexibility index (Phi) is 5.35. The van der Waals surface area contributed by atoms with Crippen LogP contribution in [0.25, 0.3) is 0 Å². The van der Waals surface area contributed by atoms with Crippen LogP contribution < -0.4 is 14.2 Å². The summed E-state index contributed by atoms with van der Waals surface area (Å²) in [6, 6.07) is 8.47. The van der Waals surface area contributed by atoms with E-state index in [0.29, 0.717) is 36.0 Å². The highest BCUT2D eigenvalue weighted by atomic mass is 16.6. The molecule has 2 aromatic rings. The van der Waals surface area contributed by atoms with Gasteiger partial charge in [0.2, 0.25) is 11.5 Å². The zero-order valence-electron chi connectivity index (χ0n) is 15.8. The predicted octanol–water partition coefficient (Wildman–Crippen LogP) is 3.51. The van der Waals surface area contributed by atoms with Crippen molar-refractivity contribution in [1.29, 1.82) is 0 Å². The number of fused-ring (bicyclic) bond motifs is 1. The monoisotopic (exact) mass is 370 g/mol. The van der Waals surface area contributed by atoms with Crippen molar-refractivity contribution in [3.63, 3.8) is 0 Å². The smallest absolute Gasteiger partial charge is 0.339 e. The lowest BCUT2D eigenvalue weighted by Gasteiger charge is -2.21. The standard InChI is InChI=1S/C21H22O6/c1-12-5-6-15(9-13(12)2)19(22)14(3)27-21(23)16-10-17(24-4)20-18(11-16)25-7-8-26-20/h5-6,9-11,14H,7-8H2,1-4H3/t14-/m0/s1. The van der Waals surface area contributed by atoms with Gasteiger partial charge in [0.25, 0.3) is 0 Å². The molecule has 27 heavy (non-hydrogen) atoms. The first-order chi connectivity index (χ1) is 12.9. The normalized spacial score (nSPS) is 13.6. The Morgan fingerprint density at radius 2 is 1.74 bits per heavy atom. The summed E-state index contributed by atoms with van der Waals surface area (Å²) in [5, 5.41) is 0. The molecule has 1 aliphatic heterocycles. The molecule has 142 valence electrons. The van der Waals surface area contributed by atoms with Gasteiger partial charge in [-0.3, -0.25) is 4.79 Å². The second kappa shape index (κ2) is 7.70. The third-order valence-electron chi connectivity index (χ3n) is 4.51. The van der Waals surface area contributed by atoms with E-state index in [2.05, 4.69) is 0 Å². The highest BCUT2D eigenvalue weighted by molar-refractivity contribution is 6.01. The molecule has 0 saturated carbocycles. The number of aryl methyl sites for hydroxylation is 2. The molecule has 0 aromatic heterocycles. The summed E-state index contributed by atoms with van der Waals surface area (Å²) >= 11 is 0. The molecule has 1 atom stereocenters. The van der Waals surface area contributed by atoms with Gasteiger partial charge >= 0.3 is 5.97 Å². The third kappa shape index (κ3) is 3.89. The van der Waals surface area contributed by atoms with Crippen LogP contribution in [0.5, 0.6) is 17.2 Å². The second-order valence-electron chi connectivity index (χ2n) is 6.41. The number of ether oxygens (including phenoxy) is 4. The van der Waals surface area contributed by atoms with E-state index in [-0.39, 0.29) is 11.3 Å². The van der Waals surface area contributed by atoms with Crippen molar-refractivity contribution >= 4 is 11.8 Å². The summed E-state index contributed by atoms with van der Waals surface area (Å²) in [4.78, 5) is 25.1. The maximum absolute atomic E-state index is 12.6. The van der Waals surface area contributed by atoms with Crippen LogP contribution in [0, 0.1) is 13.8 Å². The van der Waals surface area contributed by atoms with Crippen molar-refractivity contribution in [1.82, 2.24) is 0 Å². The van der Waals surface area contributed by atoms with Gasteiger partial charge in [-0.1, -0.05) is 12.1 Å². The SMILES string of the molecule is COc1cc(C(=O)O[C@@H](C)C(=O)c2ccc(C)c(C)c2)cc2c1OCCO2. The van der Waals surface area contributed by atoms with Gasteiger partial charge in [0.05, 0.1) is 12.7 Å². The first kappa shape index (κ1) is 18.8. The zero-order chi connectivity index (χ0) is 19.6. The van der Waals surface area contributed by atoms with E-state index in [0.717, 1.165) is 11.1 Å². The van der Waals surface area contributed by atoms with Crippen LogP contribution in [0.2, 0.25) is 0 Å². The van der Waals surface area contributed by atoms with Crippen molar-refractivity contribution < 1.29 is 28.5 Å². The molecule has 0 saturated heterocycles. The van der Waals surface area contributed by atoms with Crippen molar-refractivity contribution in [3.05, 3.63) is 52.6 Å². The van der Waals surface area contributed by atoms with Crippen LogP contribution in [0.3, 0.4) is 0 Å². The topological polar surface area (TPSA) is 71.1 Å². The highest BCUT2D eigenvalue weighted by Gasteiger charge is 2.25. The fraction of sp³-hybridized carbons (Fsp3) is 0.333. The number of ketones is 1. The Labute approximate surface area is 158 Å². The van der Waals surface area contributed by atoms with Gasteiger partial charge in [0.1, 0.15) is 13.2 Å². The second-order valence-corrected chi connectivity index (χ2v) is 6.41. The lowest BCUT2D eigenvalue weighted by molar-refractivity contribution is 0.0317. The Morgan fingerprint density at radius 1 is 1.00 bits per heavy atom. The van der Waals surface area contributed by atoms with Gasteiger partial charge in [-0.25, -0.2) is 4.79 Å². The minimum atomic E-state index is -0.918. The molecule has 0 unspecified atom stereocenters. The van der Waals surface area contributed by atoms with E-state index >= 15 is 0 Å². The molecule has 1 heterocycles. The minimum Gasteiger partial charge on any atom is -0.493 e. The van der Waals surface area contributed by atoms with E-state index in [4.69, 9.17) is 18.9 Å². The Hall–Kier alpha value is -3.02. The van der Waals surface area contributed by atoms with Gasteiger partial charge in [-0.2, -0.15) is 0 Å². The number of esters is 1. The van der Waals surface area contributed by atoms with Crippen molar-refractivity contribution in [3.8, 4) is 17.2 Å². The van der Waals surface area contributed by atoms with Crippen LogP contribution in [-0.2, 0) is 4.74 Å². The number of rotatable bonds is 5. The van der Waals surface area contributed by atoms with Gasteiger partial charge in [0, 0.05) is 5.56 Å². The molecule has 0 amide bonds. The molecule has 1 aliphatic rings. The largest absolute Gasteiger partial charge is 0.493 e. The molecular weight excluding hydrogens is 348 g/mol. The number of carbonyl (C=O) groups is 2. The van der Waals surface area contributed by atoms with E-state index in [1.165, 1.54) is 19.2 Å². The first-order valence-electron chi connectivity index (χ1n) is 8.70. The average Bonchev–Trinajstić information content (AvgIpc) is 2.68. The number of methoxy groups -OCH3 is 1. The number of carbonyl (C=O) groups excluding carboxylic acids is 2. The summed E-state index contributed by atoms with van der Waals surface area (Å²) in [6.07, 6.45) is -0.918. The van der Waals surface area contributed by atoms with E-state index in [9.17, 15) is 9.59 Å². The molecule has 2 aromatic carbocycles. The molecule has 6 nitrogen and oxygen atoms in total. The molecule has 3 rings (SSSR count). The van der Waals surface area contributed by atoms with E-state index < -0.39 is 12.1 Å². The molecule has 0 bridgehead atoms. The van der Waals surface area contributed by atoms with Crippen LogP contribution in [0.1, 0.15) is 38.8 Å². The number of Topliss-reactive ketones (excluding diaryl/α,β-unsaturated/α-hetero) is 1. The maximum Gasteiger partial charge on any atom is 0.339 e. The molecule has 0 N–H and O–H groups in total. The minimum absolute atomic E-state index is 0.232. The first-order valence-corrected chi connectivity index (χ1v) is 8.70.